The third-order valence-electron chi connectivity index (χ3n) is 3.14. The third kappa shape index (κ3) is 3.58. The van der Waals surface area contributed by atoms with Crippen molar-refractivity contribution >= 4 is 28.6 Å². The Labute approximate surface area is 136 Å². The Kier molecular flexibility index (Phi) is 4.60. The largest absolute Gasteiger partial charge is 0.351 e. The number of aromatic nitrogens is 2. The predicted molar refractivity (Wildman–Crippen MR) is 90.0 cm³/mol. The number of rotatable bonds is 5. The second kappa shape index (κ2) is 6.81. The van der Waals surface area contributed by atoms with Crippen molar-refractivity contribution in [2.24, 2.45) is 0 Å². The summed E-state index contributed by atoms with van der Waals surface area (Å²) in [4.78, 5) is 21.8. The standard InChI is InChI=1S/C16H15N3OS2/c1-11-19-13(9-21-11)7-15(20)17-8-14-16(18-10-22-14)12-5-3-2-4-6-12/h2-6,9-10H,7-8H2,1H3,(H,17,20). The minimum absolute atomic E-state index is 0.0160. The zero-order valence-electron chi connectivity index (χ0n) is 12.1. The second-order valence-corrected chi connectivity index (χ2v) is 6.80. The number of nitrogens with zero attached hydrogens (tertiary/aromatic N) is 2. The minimum atomic E-state index is -0.0160. The molecule has 0 spiro atoms. The molecule has 0 aliphatic carbocycles. The molecule has 1 amide bonds. The van der Waals surface area contributed by atoms with E-state index in [1.807, 2.05) is 48.1 Å². The fourth-order valence-corrected chi connectivity index (χ4v) is 3.46. The van der Waals surface area contributed by atoms with Crippen LogP contribution in [0, 0.1) is 6.92 Å². The molecule has 0 saturated carbocycles. The smallest absolute Gasteiger partial charge is 0.226 e. The molecule has 0 aliphatic heterocycles. The van der Waals surface area contributed by atoms with Crippen LogP contribution in [0.4, 0.5) is 0 Å². The van der Waals surface area contributed by atoms with Crippen molar-refractivity contribution < 1.29 is 4.79 Å². The van der Waals surface area contributed by atoms with Crippen LogP contribution >= 0.6 is 22.7 Å². The van der Waals surface area contributed by atoms with Crippen LogP contribution in [0.2, 0.25) is 0 Å². The quantitative estimate of drug-likeness (QED) is 0.780. The lowest BCUT2D eigenvalue weighted by Crippen LogP contribution is -2.24. The Morgan fingerprint density at radius 2 is 2.05 bits per heavy atom. The van der Waals surface area contributed by atoms with Crippen LogP contribution < -0.4 is 5.32 Å². The Morgan fingerprint density at radius 1 is 1.23 bits per heavy atom. The van der Waals surface area contributed by atoms with E-state index in [0.29, 0.717) is 13.0 Å². The van der Waals surface area contributed by atoms with E-state index >= 15 is 0 Å². The van der Waals surface area contributed by atoms with Gasteiger partial charge in [-0.2, -0.15) is 0 Å². The maximum absolute atomic E-state index is 12.0. The molecule has 2 heterocycles. The highest BCUT2D eigenvalue weighted by Gasteiger charge is 2.11. The monoisotopic (exact) mass is 329 g/mol. The molecule has 0 radical (unpaired) electrons. The zero-order valence-corrected chi connectivity index (χ0v) is 13.7. The van der Waals surface area contributed by atoms with Crippen molar-refractivity contribution in [1.82, 2.24) is 15.3 Å². The highest BCUT2D eigenvalue weighted by molar-refractivity contribution is 7.10. The van der Waals surface area contributed by atoms with E-state index < -0.39 is 0 Å². The number of nitrogens with one attached hydrogen (secondary N) is 1. The third-order valence-corrected chi connectivity index (χ3v) is 4.80. The van der Waals surface area contributed by atoms with Crippen molar-refractivity contribution in [2.75, 3.05) is 0 Å². The lowest BCUT2D eigenvalue weighted by atomic mass is 10.1. The summed E-state index contributed by atoms with van der Waals surface area (Å²) in [5, 5.41) is 5.86. The molecule has 0 aliphatic rings. The van der Waals surface area contributed by atoms with Gasteiger partial charge in [-0.15, -0.1) is 22.7 Å². The summed E-state index contributed by atoms with van der Waals surface area (Å²) in [6, 6.07) is 10.0. The number of hydrogen-bond donors (Lipinski definition) is 1. The van der Waals surface area contributed by atoms with Gasteiger partial charge in [0, 0.05) is 10.9 Å². The number of hydrogen-bond acceptors (Lipinski definition) is 5. The van der Waals surface area contributed by atoms with Crippen LogP contribution in [0.5, 0.6) is 0 Å². The molecular weight excluding hydrogens is 314 g/mol. The first-order chi connectivity index (χ1) is 10.7. The number of thiazole rings is 2. The molecule has 0 saturated heterocycles. The highest BCUT2D eigenvalue weighted by Crippen LogP contribution is 2.24. The van der Waals surface area contributed by atoms with Crippen molar-refractivity contribution in [3.8, 4) is 11.3 Å². The fourth-order valence-electron chi connectivity index (χ4n) is 2.12. The molecule has 0 atom stereocenters. The Morgan fingerprint density at radius 3 is 2.77 bits per heavy atom. The summed E-state index contributed by atoms with van der Waals surface area (Å²) >= 11 is 3.12. The minimum Gasteiger partial charge on any atom is -0.351 e. The Balaban J connectivity index is 1.63. The van der Waals surface area contributed by atoms with E-state index in [9.17, 15) is 4.79 Å². The van der Waals surface area contributed by atoms with Gasteiger partial charge in [0.15, 0.2) is 0 Å². The SMILES string of the molecule is Cc1nc(CC(=O)NCc2scnc2-c2ccccc2)cs1. The number of amides is 1. The Bertz CT molecular complexity index is 765. The molecular formula is C16H15N3OS2. The number of carbonyl (C=O) groups is 1. The van der Waals surface area contributed by atoms with E-state index in [2.05, 4.69) is 15.3 Å². The molecule has 6 heteroatoms. The average Bonchev–Trinajstić information content (AvgIpc) is 3.15. The summed E-state index contributed by atoms with van der Waals surface area (Å²) in [6.45, 7) is 2.44. The topological polar surface area (TPSA) is 54.9 Å². The van der Waals surface area contributed by atoms with Crippen LogP contribution in [-0.2, 0) is 17.8 Å². The van der Waals surface area contributed by atoms with Crippen LogP contribution in [0.25, 0.3) is 11.3 Å². The first-order valence-corrected chi connectivity index (χ1v) is 8.64. The maximum atomic E-state index is 12.0. The molecule has 2 aromatic heterocycles. The number of aryl methyl sites for hydroxylation is 1. The van der Waals surface area contributed by atoms with Gasteiger partial charge in [-0.3, -0.25) is 4.79 Å². The van der Waals surface area contributed by atoms with Crippen LogP contribution in [0.1, 0.15) is 15.6 Å². The number of carbonyl (C=O) groups excluding carboxylic acids is 1. The molecule has 22 heavy (non-hydrogen) atoms. The van der Waals surface area contributed by atoms with E-state index in [0.717, 1.165) is 26.8 Å². The second-order valence-electron chi connectivity index (χ2n) is 4.80. The van der Waals surface area contributed by atoms with Gasteiger partial charge >= 0.3 is 0 Å². The van der Waals surface area contributed by atoms with Gasteiger partial charge in [-0.05, 0) is 6.92 Å². The van der Waals surface area contributed by atoms with E-state index in [4.69, 9.17) is 0 Å². The van der Waals surface area contributed by atoms with E-state index in [-0.39, 0.29) is 5.91 Å². The lowest BCUT2D eigenvalue weighted by Gasteiger charge is -2.05. The molecule has 112 valence electrons. The van der Waals surface area contributed by atoms with Gasteiger partial charge in [0.05, 0.1) is 39.7 Å². The van der Waals surface area contributed by atoms with E-state index in [1.54, 1.807) is 22.7 Å². The fraction of sp³-hybridized carbons (Fsp3) is 0.188. The van der Waals surface area contributed by atoms with Crippen molar-refractivity contribution in [3.63, 3.8) is 0 Å². The van der Waals surface area contributed by atoms with E-state index in [1.165, 1.54) is 0 Å². The molecule has 0 fully saturated rings. The summed E-state index contributed by atoms with van der Waals surface area (Å²) < 4.78 is 0. The van der Waals surface area contributed by atoms with Crippen LogP contribution in [0.15, 0.2) is 41.2 Å². The van der Waals surface area contributed by atoms with Gasteiger partial charge in [0.1, 0.15) is 0 Å². The van der Waals surface area contributed by atoms with Gasteiger partial charge in [-0.1, -0.05) is 30.3 Å². The molecule has 0 bridgehead atoms. The first-order valence-electron chi connectivity index (χ1n) is 6.88. The summed E-state index contributed by atoms with van der Waals surface area (Å²) in [6.07, 6.45) is 0.323. The molecule has 3 rings (SSSR count). The highest BCUT2D eigenvalue weighted by atomic mass is 32.1. The van der Waals surface area contributed by atoms with Crippen LogP contribution in [0.3, 0.4) is 0 Å². The van der Waals surface area contributed by atoms with Gasteiger partial charge in [0.25, 0.3) is 0 Å². The van der Waals surface area contributed by atoms with Crippen molar-refractivity contribution in [3.05, 3.63) is 56.8 Å². The van der Waals surface area contributed by atoms with Crippen molar-refractivity contribution in [1.29, 1.82) is 0 Å². The molecule has 4 nitrogen and oxygen atoms in total. The first kappa shape index (κ1) is 14.9. The van der Waals surface area contributed by atoms with Crippen LogP contribution in [-0.4, -0.2) is 15.9 Å². The molecule has 3 aromatic rings. The summed E-state index contributed by atoms with van der Waals surface area (Å²) in [7, 11) is 0. The summed E-state index contributed by atoms with van der Waals surface area (Å²) in [5.41, 5.74) is 4.65. The average molecular weight is 329 g/mol. The van der Waals surface area contributed by atoms with Gasteiger partial charge < -0.3 is 5.32 Å². The predicted octanol–water partition coefficient (Wildman–Crippen LogP) is 3.43. The summed E-state index contributed by atoms with van der Waals surface area (Å²) in [5.74, 6) is -0.0160. The molecule has 1 aromatic carbocycles. The number of benzene rings is 1. The van der Waals surface area contributed by atoms with Crippen molar-refractivity contribution in [2.45, 2.75) is 19.9 Å². The molecule has 0 unspecified atom stereocenters. The molecule has 1 N–H and O–H groups in total. The zero-order chi connectivity index (χ0) is 15.4. The normalized spacial score (nSPS) is 10.6. The van der Waals surface area contributed by atoms with Gasteiger partial charge in [0.2, 0.25) is 5.91 Å². The Hall–Kier alpha value is -2.05. The maximum Gasteiger partial charge on any atom is 0.226 e. The lowest BCUT2D eigenvalue weighted by molar-refractivity contribution is -0.120. The van der Waals surface area contributed by atoms with Gasteiger partial charge in [-0.25, -0.2) is 9.97 Å².